The molecule has 0 atom stereocenters. The fourth-order valence-corrected chi connectivity index (χ4v) is 2.24. The molecule has 1 aromatic carbocycles. The van der Waals surface area contributed by atoms with Crippen molar-refractivity contribution < 1.29 is 9.47 Å². The number of benzene rings is 1. The normalized spacial score (nSPS) is 16.3. The summed E-state index contributed by atoms with van der Waals surface area (Å²) in [6.07, 6.45) is 2.21. The van der Waals surface area contributed by atoms with Gasteiger partial charge in [-0.3, -0.25) is 4.90 Å². The zero-order valence-corrected chi connectivity index (χ0v) is 11.3. The molecule has 0 radical (unpaired) electrons. The van der Waals surface area contributed by atoms with E-state index in [0.29, 0.717) is 18.2 Å². The van der Waals surface area contributed by atoms with Crippen LogP contribution in [0.15, 0.2) is 24.3 Å². The van der Waals surface area contributed by atoms with Crippen LogP contribution in [0.4, 0.5) is 0 Å². The second kappa shape index (κ2) is 7.13. The largest absolute Gasteiger partial charge is 0.492 e. The smallest absolute Gasteiger partial charge is 0.119 e. The van der Waals surface area contributed by atoms with Crippen molar-refractivity contribution in [1.82, 2.24) is 4.90 Å². The monoisotopic (exact) mass is 260 g/mol. The maximum atomic E-state index is 8.71. The van der Waals surface area contributed by atoms with Crippen molar-refractivity contribution in [2.75, 3.05) is 33.4 Å². The van der Waals surface area contributed by atoms with Gasteiger partial charge in [0.2, 0.25) is 0 Å². The van der Waals surface area contributed by atoms with E-state index in [0.717, 1.165) is 38.3 Å². The highest BCUT2D eigenvalue weighted by Gasteiger charge is 2.17. The number of nitriles is 1. The lowest BCUT2D eigenvalue weighted by atomic mass is 10.1. The lowest BCUT2D eigenvalue weighted by Crippen LogP contribution is -2.38. The van der Waals surface area contributed by atoms with Crippen LogP contribution in [0.2, 0.25) is 0 Å². The number of ether oxygens (including phenoxy) is 2. The summed E-state index contributed by atoms with van der Waals surface area (Å²) in [6, 6.07) is 9.94. The Bertz CT molecular complexity index is 419. The highest BCUT2D eigenvalue weighted by atomic mass is 16.5. The molecule has 0 bridgehead atoms. The summed E-state index contributed by atoms with van der Waals surface area (Å²) in [4.78, 5) is 2.34. The molecular formula is C15H20N2O2. The van der Waals surface area contributed by atoms with Gasteiger partial charge in [0.25, 0.3) is 0 Å². The van der Waals surface area contributed by atoms with Crippen LogP contribution in [0, 0.1) is 11.3 Å². The van der Waals surface area contributed by atoms with Crippen molar-refractivity contribution in [2.24, 2.45) is 0 Å². The first-order chi connectivity index (χ1) is 9.29. The molecule has 0 spiro atoms. The molecule has 2 rings (SSSR count). The van der Waals surface area contributed by atoms with Crippen LogP contribution in [0.5, 0.6) is 5.75 Å². The number of rotatable bonds is 5. The minimum absolute atomic E-state index is 0.610. The zero-order chi connectivity index (χ0) is 13.5. The molecule has 0 saturated carbocycles. The third-order valence-electron chi connectivity index (χ3n) is 3.51. The summed E-state index contributed by atoms with van der Waals surface area (Å²) in [6.45, 7) is 3.31. The highest BCUT2D eigenvalue weighted by Crippen LogP contribution is 2.14. The average Bonchev–Trinajstić information content (AvgIpc) is 2.49. The molecule has 1 aromatic rings. The van der Waals surface area contributed by atoms with Gasteiger partial charge in [0, 0.05) is 25.8 Å². The summed E-state index contributed by atoms with van der Waals surface area (Å²) in [5, 5.41) is 8.71. The van der Waals surface area contributed by atoms with E-state index in [9.17, 15) is 0 Å². The SMILES string of the molecule is CN(CCOc1ccc(C#N)cc1)C1CCOCC1. The van der Waals surface area contributed by atoms with E-state index < -0.39 is 0 Å². The zero-order valence-electron chi connectivity index (χ0n) is 11.3. The van der Waals surface area contributed by atoms with Gasteiger partial charge in [0.1, 0.15) is 12.4 Å². The average molecular weight is 260 g/mol. The Morgan fingerprint density at radius 2 is 2.00 bits per heavy atom. The topological polar surface area (TPSA) is 45.5 Å². The van der Waals surface area contributed by atoms with E-state index >= 15 is 0 Å². The van der Waals surface area contributed by atoms with Gasteiger partial charge in [-0.05, 0) is 44.2 Å². The number of nitrogens with zero attached hydrogens (tertiary/aromatic N) is 2. The molecule has 1 aliphatic rings. The molecule has 0 aliphatic carbocycles. The van der Waals surface area contributed by atoms with Crippen LogP contribution in [0.1, 0.15) is 18.4 Å². The Labute approximate surface area is 114 Å². The molecule has 0 unspecified atom stereocenters. The second-order valence-electron chi connectivity index (χ2n) is 4.81. The van der Waals surface area contributed by atoms with Crippen molar-refractivity contribution in [3.8, 4) is 11.8 Å². The van der Waals surface area contributed by atoms with Crippen LogP contribution in [-0.4, -0.2) is 44.4 Å². The maximum Gasteiger partial charge on any atom is 0.119 e. The molecule has 19 heavy (non-hydrogen) atoms. The molecule has 0 N–H and O–H groups in total. The third-order valence-corrected chi connectivity index (χ3v) is 3.51. The fraction of sp³-hybridized carbons (Fsp3) is 0.533. The minimum atomic E-state index is 0.610. The first-order valence-electron chi connectivity index (χ1n) is 6.70. The Hall–Kier alpha value is -1.57. The standard InChI is InChI=1S/C15H20N2O2/c1-17(14-6-9-18-10-7-14)8-11-19-15-4-2-13(12-16)3-5-15/h2-5,14H,6-11H2,1H3. The van der Waals surface area contributed by atoms with Crippen LogP contribution in [-0.2, 0) is 4.74 Å². The summed E-state index contributed by atoms with van der Waals surface area (Å²) in [5.74, 6) is 0.819. The van der Waals surface area contributed by atoms with Crippen molar-refractivity contribution in [2.45, 2.75) is 18.9 Å². The van der Waals surface area contributed by atoms with E-state index in [4.69, 9.17) is 14.7 Å². The molecule has 1 saturated heterocycles. The molecule has 0 aromatic heterocycles. The Balaban J connectivity index is 1.71. The van der Waals surface area contributed by atoms with Gasteiger partial charge >= 0.3 is 0 Å². The minimum Gasteiger partial charge on any atom is -0.492 e. The highest BCUT2D eigenvalue weighted by molar-refractivity contribution is 5.34. The lowest BCUT2D eigenvalue weighted by molar-refractivity contribution is 0.0392. The first-order valence-corrected chi connectivity index (χ1v) is 6.70. The Kier molecular flexibility index (Phi) is 5.20. The van der Waals surface area contributed by atoms with Crippen molar-refractivity contribution >= 4 is 0 Å². The van der Waals surface area contributed by atoms with Gasteiger partial charge in [-0.15, -0.1) is 0 Å². The van der Waals surface area contributed by atoms with Crippen LogP contribution >= 0.6 is 0 Å². The molecule has 1 fully saturated rings. The maximum absolute atomic E-state index is 8.71. The van der Waals surface area contributed by atoms with E-state index in [1.54, 1.807) is 12.1 Å². The predicted molar refractivity (Wildman–Crippen MR) is 73.1 cm³/mol. The van der Waals surface area contributed by atoms with Gasteiger partial charge in [-0.25, -0.2) is 0 Å². The van der Waals surface area contributed by atoms with Crippen molar-refractivity contribution in [3.05, 3.63) is 29.8 Å². The predicted octanol–water partition coefficient (Wildman–Crippen LogP) is 2.05. The van der Waals surface area contributed by atoms with Gasteiger partial charge in [0.15, 0.2) is 0 Å². The van der Waals surface area contributed by atoms with Crippen LogP contribution < -0.4 is 4.74 Å². The second-order valence-corrected chi connectivity index (χ2v) is 4.81. The molecular weight excluding hydrogens is 240 g/mol. The van der Waals surface area contributed by atoms with Gasteiger partial charge < -0.3 is 9.47 Å². The van der Waals surface area contributed by atoms with Gasteiger partial charge in [-0.2, -0.15) is 5.26 Å². The number of hydrogen-bond donors (Lipinski definition) is 0. The first kappa shape index (κ1) is 13.9. The lowest BCUT2D eigenvalue weighted by Gasteiger charge is -2.30. The molecule has 1 aliphatic heterocycles. The summed E-state index contributed by atoms with van der Waals surface area (Å²) < 4.78 is 11.0. The van der Waals surface area contributed by atoms with Gasteiger partial charge in [-0.1, -0.05) is 0 Å². The number of likely N-dealkylation sites (N-methyl/N-ethyl adjacent to an activating group) is 1. The van der Waals surface area contributed by atoms with Gasteiger partial charge in [0.05, 0.1) is 11.6 Å². The molecule has 0 amide bonds. The Morgan fingerprint density at radius 1 is 1.32 bits per heavy atom. The Morgan fingerprint density at radius 3 is 2.63 bits per heavy atom. The molecule has 102 valence electrons. The van der Waals surface area contributed by atoms with E-state index in [1.807, 2.05) is 12.1 Å². The molecule has 1 heterocycles. The van der Waals surface area contributed by atoms with E-state index in [-0.39, 0.29) is 0 Å². The van der Waals surface area contributed by atoms with E-state index in [2.05, 4.69) is 18.0 Å². The van der Waals surface area contributed by atoms with Crippen molar-refractivity contribution in [1.29, 1.82) is 5.26 Å². The van der Waals surface area contributed by atoms with Crippen molar-refractivity contribution in [3.63, 3.8) is 0 Å². The summed E-state index contributed by atoms with van der Waals surface area (Å²) in [5.41, 5.74) is 0.659. The number of hydrogen-bond acceptors (Lipinski definition) is 4. The quantitative estimate of drug-likeness (QED) is 0.813. The fourth-order valence-electron chi connectivity index (χ4n) is 2.24. The molecule has 4 nitrogen and oxygen atoms in total. The summed E-state index contributed by atoms with van der Waals surface area (Å²) >= 11 is 0. The summed E-state index contributed by atoms with van der Waals surface area (Å²) in [7, 11) is 2.14. The molecule has 4 heteroatoms. The van der Waals surface area contributed by atoms with Crippen LogP contribution in [0.3, 0.4) is 0 Å². The van der Waals surface area contributed by atoms with Crippen LogP contribution in [0.25, 0.3) is 0 Å². The van der Waals surface area contributed by atoms with E-state index in [1.165, 1.54) is 0 Å². The third kappa shape index (κ3) is 4.23.